The normalized spacial score (nSPS) is 22.7. The number of hydrogen-bond donors (Lipinski definition) is 2. The van der Waals surface area contributed by atoms with E-state index in [1.807, 2.05) is 41.3 Å². The number of nitrogens with one attached hydrogen (secondary N) is 2. The number of aliphatic imine (C=N–C) groups is 1. The van der Waals surface area contributed by atoms with E-state index in [-0.39, 0.29) is 0 Å². The van der Waals surface area contributed by atoms with Gasteiger partial charge in [0.05, 0.1) is 24.3 Å². The molecule has 1 saturated carbocycles. The summed E-state index contributed by atoms with van der Waals surface area (Å²) in [6, 6.07) is 4.46. The molecule has 1 saturated heterocycles. The van der Waals surface area contributed by atoms with E-state index in [9.17, 15) is 0 Å². The highest BCUT2D eigenvalue weighted by Gasteiger charge is 2.39. The first kappa shape index (κ1) is 16.4. The summed E-state index contributed by atoms with van der Waals surface area (Å²) in [7, 11) is 1.77. The Balaban J connectivity index is 1.42. The Kier molecular flexibility index (Phi) is 4.09. The fourth-order valence-corrected chi connectivity index (χ4v) is 4.04. The first-order chi connectivity index (χ1) is 13.3. The second-order valence-electron chi connectivity index (χ2n) is 7.42. The minimum Gasteiger partial charge on any atom is -0.364 e. The van der Waals surface area contributed by atoms with Crippen molar-refractivity contribution >= 4 is 17.7 Å². The van der Waals surface area contributed by atoms with Gasteiger partial charge in [-0.2, -0.15) is 0 Å². The lowest BCUT2D eigenvalue weighted by atomic mass is 9.98. The summed E-state index contributed by atoms with van der Waals surface area (Å²) in [5.41, 5.74) is 3.66. The van der Waals surface area contributed by atoms with Crippen molar-refractivity contribution in [2.24, 2.45) is 16.8 Å². The number of anilines is 1. The average Bonchev–Trinajstić information content (AvgIpc) is 3.28. The number of pyridine rings is 1. The van der Waals surface area contributed by atoms with Gasteiger partial charge in [-0.05, 0) is 42.4 Å². The number of aromatic nitrogens is 4. The van der Waals surface area contributed by atoms with Crippen LogP contribution in [0.1, 0.15) is 18.4 Å². The van der Waals surface area contributed by atoms with Crippen molar-refractivity contribution in [3.8, 4) is 11.4 Å². The number of hydrogen-bond acceptors (Lipinski definition) is 6. The van der Waals surface area contributed by atoms with Crippen molar-refractivity contribution in [1.82, 2.24) is 24.7 Å². The van der Waals surface area contributed by atoms with Gasteiger partial charge in [0.15, 0.2) is 0 Å². The summed E-state index contributed by atoms with van der Waals surface area (Å²) in [5.74, 6) is 2.40. The zero-order valence-electron chi connectivity index (χ0n) is 15.3. The van der Waals surface area contributed by atoms with Crippen molar-refractivity contribution in [2.75, 3.05) is 25.5 Å². The Morgan fingerprint density at radius 3 is 3.04 bits per heavy atom. The number of fused-ring (bicyclic) bond motifs is 1. The van der Waals surface area contributed by atoms with Crippen molar-refractivity contribution < 1.29 is 0 Å². The van der Waals surface area contributed by atoms with Crippen LogP contribution in [0.5, 0.6) is 0 Å². The van der Waals surface area contributed by atoms with Gasteiger partial charge >= 0.3 is 0 Å². The summed E-state index contributed by atoms with van der Waals surface area (Å²) in [6.07, 6.45) is 12.0. The lowest BCUT2D eigenvalue weighted by molar-refractivity contribution is 0.473. The third-order valence-electron chi connectivity index (χ3n) is 5.53. The van der Waals surface area contributed by atoms with Crippen LogP contribution >= 0.6 is 0 Å². The maximum absolute atomic E-state index is 4.81. The molecule has 0 spiro atoms. The molecule has 1 aliphatic carbocycles. The second kappa shape index (κ2) is 6.74. The van der Waals surface area contributed by atoms with Crippen LogP contribution in [0, 0.1) is 11.8 Å². The topological polar surface area (TPSA) is 79.5 Å². The summed E-state index contributed by atoms with van der Waals surface area (Å²) < 4.78 is 2.03. The summed E-state index contributed by atoms with van der Waals surface area (Å²) in [5, 5.41) is 7.12. The van der Waals surface area contributed by atoms with Gasteiger partial charge in [-0.3, -0.25) is 14.4 Å². The van der Waals surface area contributed by atoms with E-state index in [1.165, 1.54) is 12.8 Å². The molecular weight excluding hydrogens is 338 g/mol. The Morgan fingerprint density at radius 2 is 2.19 bits per heavy atom. The molecule has 2 N–H and O–H groups in total. The molecule has 4 heterocycles. The first-order valence-electron chi connectivity index (χ1n) is 9.51. The maximum atomic E-state index is 4.81. The molecule has 2 atom stereocenters. The van der Waals surface area contributed by atoms with Gasteiger partial charge in [0.1, 0.15) is 17.2 Å². The molecule has 3 aromatic heterocycles. The Morgan fingerprint density at radius 1 is 1.26 bits per heavy atom. The Hall–Kier alpha value is -2.80. The first-order valence-corrected chi connectivity index (χ1v) is 9.51. The van der Waals surface area contributed by atoms with Crippen molar-refractivity contribution in [3.05, 3.63) is 42.5 Å². The summed E-state index contributed by atoms with van der Waals surface area (Å²) in [6.45, 7) is 2.09. The molecule has 0 aromatic carbocycles. The summed E-state index contributed by atoms with van der Waals surface area (Å²) in [4.78, 5) is 17.8. The van der Waals surface area contributed by atoms with Crippen LogP contribution in [0.4, 0.5) is 5.82 Å². The minimum absolute atomic E-state index is 0.431. The van der Waals surface area contributed by atoms with Gasteiger partial charge in [0.25, 0.3) is 0 Å². The van der Waals surface area contributed by atoms with Crippen molar-refractivity contribution in [3.63, 3.8) is 0 Å². The van der Waals surface area contributed by atoms with E-state index < -0.39 is 0 Å². The molecule has 3 aromatic rings. The van der Waals surface area contributed by atoms with Gasteiger partial charge in [-0.15, -0.1) is 0 Å². The number of nitrogens with zero attached hydrogens (tertiary/aromatic N) is 5. The molecule has 0 amide bonds. The SMILES string of the molecule is CN=Cc1ccn2c(-c3cncc(N[C@H]4CNC[C@H]4C4CC4)n3)cnc2c1. The van der Waals surface area contributed by atoms with Crippen LogP contribution in [0.3, 0.4) is 0 Å². The third-order valence-corrected chi connectivity index (χ3v) is 5.53. The predicted octanol–water partition coefficient (Wildman–Crippen LogP) is 2.25. The van der Waals surface area contributed by atoms with E-state index in [1.54, 1.807) is 13.2 Å². The molecule has 7 heteroatoms. The monoisotopic (exact) mass is 361 g/mol. The van der Waals surface area contributed by atoms with Crippen LogP contribution < -0.4 is 10.6 Å². The Labute approximate surface area is 158 Å². The molecule has 2 aliphatic rings. The number of imidazole rings is 1. The Bertz CT molecular complexity index is 989. The molecular formula is C20H23N7. The molecule has 5 rings (SSSR count). The zero-order valence-corrected chi connectivity index (χ0v) is 15.3. The highest BCUT2D eigenvalue weighted by atomic mass is 15.1. The van der Waals surface area contributed by atoms with Gasteiger partial charge in [0.2, 0.25) is 0 Å². The molecule has 1 aliphatic heterocycles. The predicted molar refractivity (Wildman–Crippen MR) is 106 cm³/mol. The van der Waals surface area contributed by atoms with Crippen LogP contribution in [0.2, 0.25) is 0 Å². The van der Waals surface area contributed by atoms with E-state index >= 15 is 0 Å². The van der Waals surface area contributed by atoms with Crippen LogP contribution in [-0.4, -0.2) is 51.7 Å². The quantitative estimate of drug-likeness (QED) is 0.682. The van der Waals surface area contributed by atoms with E-state index in [2.05, 4.69) is 25.6 Å². The molecule has 0 unspecified atom stereocenters. The van der Waals surface area contributed by atoms with E-state index in [4.69, 9.17) is 4.98 Å². The molecule has 7 nitrogen and oxygen atoms in total. The van der Waals surface area contributed by atoms with Gasteiger partial charge in [-0.25, -0.2) is 9.97 Å². The van der Waals surface area contributed by atoms with Gasteiger partial charge < -0.3 is 10.6 Å². The standard InChI is InChI=1S/C20H23N7/c1-21-7-13-4-5-27-18(11-24-20(27)6-13)17-10-23-12-19(26-17)25-16-9-22-8-15(16)14-2-3-14/h4-7,10-12,14-16,22H,2-3,8-9H2,1H3,(H,25,26)/t15-,16-/m0/s1. The van der Waals surface area contributed by atoms with Crippen LogP contribution in [-0.2, 0) is 0 Å². The largest absolute Gasteiger partial charge is 0.364 e. The van der Waals surface area contributed by atoms with Gasteiger partial charge in [-0.1, -0.05) is 0 Å². The van der Waals surface area contributed by atoms with E-state index in [0.29, 0.717) is 12.0 Å². The fraction of sp³-hybridized carbons (Fsp3) is 0.400. The maximum Gasteiger partial charge on any atom is 0.145 e. The number of rotatable bonds is 5. The van der Waals surface area contributed by atoms with Crippen molar-refractivity contribution in [2.45, 2.75) is 18.9 Å². The zero-order chi connectivity index (χ0) is 18.2. The highest BCUT2D eigenvalue weighted by Crippen LogP contribution is 2.40. The van der Waals surface area contributed by atoms with Crippen LogP contribution in [0.25, 0.3) is 17.0 Å². The smallest absolute Gasteiger partial charge is 0.145 e. The highest BCUT2D eigenvalue weighted by molar-refractivity contribution is 5.81. The molecule has 27 heavy (non-hydrogen) atoms. The third kappa shape index (κ3) is 3.19. The lowest BCUT2D eigenvalue weighted by Gasteiger charge is -2.20. The molecule has 2 fully saturated rings. The minimum atomic E-state index is 0.431. The van der Waals surface area contributed by atoms with Crippen LogP contribution in [0.15, 0.2) is 41.9 Å². The summed E-state index contributed by atoms with van der Waals surface area (Å²) >= 11 is 0. The fourth-order valence-electron chi connectivity index (χ4n) is 4.04. The molecule has 138 valence electrons. The average molecular weight is 361 g/mol. The molecule has 0 radical (unpaired) electrons. The lowest BCUT2D eigenvalue weighted by Crippen LogP contribution is -2.30. The second-order valence-corrected chi connectivity index (χ2v) is 7.42. The molecule has 0 bridgehead atoms. The van der Waals surface area contributed by atoms with Gasteiger partial charge in [0, 0.05) is 38.6 Å². The van der Waals surface area contributed by atoms with E-state index in [0.717, 1.165) is 47.4 Å². The van der Waals surface area contributed by atoms with Crippen molar-refractivity contribution in [1.29, 1.82) is 0 Å².